The molecule has 30 heavy (non-hydrogen) atoms. The van der Waals surface area contributed by atoms with E-state index in [1.54, 1.807) is 30.3 Å². The molecule has 0 saturated carbocycles. The number of hydrogen-bond acceptors (Lipinski definition) is 5. The van der Waals surface area contributed by atoms with Gasteiger partial charge in [-0.3, -0.25) is 19.7 Å². The van der Waals surface area contributed by atoms with E-state index in [1.807, 2.05) is 0 Å². The van der Waals surface area contributed by atoms with Crippen LogP contribution in [0, 0.1) is 10.1 Å². The lowest BCUT2D eigenvalue weighted by Crippen LogP contribution is -2.44. The van der Waals surface area contributed by atoms with Crippen LogP contribution < -0.4 is 21.7 Å². The summed E-state index contributed by atoms with van der Waals surface area (Å²) in [6, 6.07) is 12.2. The van der Waals surface area contributed by atoms with E-state index in [9.17, 15) is 24.5 Å². The highest BCUT2D eigenvalue weighted by Gasteiger charge is 2.21. The van der Waals surface area contributed by atoms with Gasteiger partial charge in [0, 0.05) is 29.9 Å². The molecule has 160 valence electrons. The van der Waals surface area contributed by atoms with Gasteiger partial charge in [0.1, 0.15) is 6.04 Å². The molecule has 0 aliphatic carbocycles. The first kappa shape index (κ1) is 24.4. The zero-order valence-electron chi connectivity index (χ0n) is 15.9. The van der Waals surface area contributed by atoms with Crippen LogP contribution in [0.4, 0.5) is 16.2 Å². The summed E-state index contributed by atoms with van der Waals surface area (Å²) in [5.74, 6) is -0.903. The predicted molar refractivity (Wildman–Crippen MR) is 113 cm³/mol. The molecular weight excluding hydrogens is 414 g/mol. The van der Waals surface area contributed by atoms with Crippen molar-refractivity contribution in [3.05, 3.63) is 70.3 Å². The van der Waals surface area contributed by atoms with E-state index >= 15 is 0 Å². The molecule has 0 fully saturated rings. The van der Waals surface area contributed by atoms with Crippen LogP contribution in [0.25, 0.3) is 0 Å². The van der Waals surface area contributed by atoms with Gasteiger partial charge in [-0.2, -0.15) is 0 Å². The number of nitrogens with one attached hydrogen (secondary N) is 3. The monoisotopic (exact) mass is 435 g/mol. The molecule has 4 amide bonds. The molecule has 5 N–H and O–H groups in total. The van der Waals surface area contributed by atoms with Crippen molar-refractivity contribution in [1.29, 1.82) is 0 Å². The second kappa shape index (κ2) is 12.0. The highest BCUT2D eigenvalue weighted by atomic mass is 35.5. The molecule has 0 heterocycles. The van der Waals surface area contributed by atoms with Gasteiger partial charge in [-0.05, 0) is 37.1 Å². The van der Waals surface area contributed by atoms with E-state index < -0.39 is 28.8 Å². The van der Waals surface area contributed by atoms with Crippen LogP contribution in [-0.4, -0.2) is 35.4 Å². The van der Waals surface area contributed by atoms with Gasteiger partial charge < -0.3 is 21.7 Å². The Balaban J connectivity index is 0.00000450. The maximum absolute atomic E-state index is 12.7. The molecule has 0 aromatic heterocycles. The number of nitro benzene ring substituents is 1. The Morgan fingerprint density at radius 3 is 2.23 bits per heavy atom. The van der Waals surface area contributed by atoms with E-state index in [-0.39, 0.29) is 31.1 Å². The summed E-state index contributed by atoms with van der Waals surface area (Å²) in [5, 5.41) is 18.4. The molecule has 0 aliphatic rings. The van der Waals surface area contributed by atoms with Crippen molar-refractivity contribution in [2.75, 3.05) is 11.9 Å². The summed E-state index contributed by atoms with van der Waals surface area (Å²) >= 11 is 0. The second-order valence-electron chi connectivity index (χ2n) is 6.12. The molecule has 0 aliphatic heterocycles. The van der Waals surface area contributed by atoms with Gasteiger partial charge in [-0.1, -0.05) is 18.2 Å². The quantitative estimate of drug-likeness (QED) is 0.270. The third-order valence-electron chi connectivity index (χ3n) is 3.97. The number of hydrogen-bond donors (Lipinski definition) is 4. The molecular formula is C19H22ClN5O5. The van der Waals surface area contributed by atoms with E-state index in [2.05, 4.69) is 16.0 Å². The number of non-ortho nitro benzene ring substituents is 1. The lowest BCUT2D eigenvalue weighted by atomic mass is 10.1. The molecule has 2 rings (SSSR count). The number of carbonyl (C=O) groups is 3. The summed E-state index contributed by atoms with van der Waals surface area (Å²) in [6.07, 6.45) is 0.647. The molecule has 11 heteroatoms. The topological polar surface area (TPSA) is 156 Å². The van der Waals surface area contributed by atoms with Gasteiger partial charge in [0.05, 0.1) is 4.92 Å². The summed E-state index contributed by atoms with van der Waals surface area (Å²) < 4.78 is 0. The van der Waals surface area contributed by atoms with Crippen molar-refractivity contribution in [3.8, 4) is 0 Å². The number of rotatable bonds is 9. The first-order valence-corrected chi connectivity index (χ1v) is 8.81. The number of nitrogens with zero attached hydrogens (tertiary/aromatic N) is 1. The maximum atomic E-state index is 12.7. The van der Waals surface area contributed by atoms with Crippen LogP contribution in [0.1, 0.15) is 23.2 Å². The van der Waals surface area contributed by atoms with Crippen LogP contribution in [0.3, 0.4) is 0 Å². The van der Waals surface area contributed by atoms with Gasteiger partial charge in [0.2, 0.25) is 5.91 Å². The Bertz CT molecular complexity index is 877. The number of carbonyl (C=O) groups excluding carboxylic acids is 3. The molecule has 2 aromatic carbocycles. The SMILES string of the molecule is Cl.NC(=O)NCCCC(NC(=O)c1ccccc1)C(=O)Nc1ccc([N+](=O)[O-])cc1. The highest BCUT2D eigenvalue weighted by Crippen LogP contribution is 2.16. The molecule has 0 saturated heterocycles. The van der Waals surface area contributed by atoms with E-state index in [0.717, 1.165) is 0 Å². The minimum Gasteiger partial charge on any atom is -0.352 e. The highest BCUT2D eigenvalue weighted by molar-refractivity contribution is 6.01. The fraction of sp³-hybridized carbons (Fsp3) is 0.211. The average molecular weight is 436 g/mol. The normalized spacial score (nSPS) is 10.8. The van der Waals surface area contributed by atoms with E-state index in [0.29, 0.717) is 17.7 Å². The first-order chi connectivity index (χ1) is 13.9. The minimum absolute atomic E-state index is 0. The van der Waals surface area contributed by atoms with Crippen LogP contribution in [0.5, 0.6) is 0 Å². The average Bonchev–Trinajstić information content (AvgIpc) is 2.71. The Morgan fingerprint density at radius 1 is 1.03 bits per heavy atom. The molecule has 1 atom stereocenters. The van der Waals surface area contributed by atoms with Crippen LogP contribution in [0.2, 0.25) is 0 Å². The van der Waals surface area contributed by atoms with Crippen molar-refractivity contribution in [1.82, 2.24) is 10.6 Å². The van der Waals surface area contributed by atoms with Crippen LogP contribution >= 0.6 is 12.4 Å². The Kier molecular flexibility index (Phi) is 9.77. The first-order valence-electron chi connectivity index (χ1n) is 8.81. The molecule has 10 nitrogen and oxygen atoms in total. The molecule has 0 bridgehead atoms. The third kappa shape index (κ3) is 7.76. The number of primary amides is 1. The van der Waals surface area contributed by atoms with E-state index in [1.165, 1.54) is 24.3 Å². The number of amides is 4. The predicted octanol–water partition coefficient (Wildman–Crippen LogP) is 2.20. The van der Waals surface area contributed by atoms with Gasteiger partial charge >= 0.3 is 6.03 Å². The van der Waals surface area contributed by atoms with Gasteiger partial charge in [0.15, 0.2) is 0 Å². The van der Waals surface area contributed by atoms with Gasteiger partial charge in [-0.25, -0.2) is 4.79 Å². The van der Waals surface area contributed by atoms with Crippen LogP contribution in [0.15, 0.2) is 54.6 Å². The Hall–Kier alpha value is -3.66. The van der Waals surface area contributed by atoms with Gasteiger partial charge in [0.25, 0.3) is 11.6 Å². The smallest absolute Gasteiger partial charge is 0.312 e. The van der Waals surface area contributed by atoms with Crippen molar-refractivity contribution in [2.24, 2.45) is 5.73 Å². The number of nitro groups is 1. The van der Waals surface area contributed by atoms with Crippen molar-refractivity contribution < 1.29 is 19.3 Å². The molecule has 0 radical (unpaired) electrons. The molecule has 0 spiro atoms. The maximum Gasteiger partial charge on any atom is 0.312 e. The third-order valence-corrected chi connectivity index (χ3v) is 3.97. The fourth-order valence-corrected chi connectivity index (χ4v) is 2.51. The van der Waals surface area contributed by atoms with Crippen LogP contribution in [-0.2, 0) is 4.79 Å². The minimum atomic E-state index is -0.882. The second-order valence-corrected chi connectivity index (χ2v) is 6.12. The Morgan fingerprint density at radius 2 is 1.67 bits per heavy atom. The van der Waals surface area contributed by atoms with Crippen molar-refractivity contribution in [2.45, 2.75) is 18.9 Å². The van der Waals surface area contributed by atoms with Gasteiger partial charge in [-0.15, -0.1) is 12.4 Å². The zero-order valence-corrected chi connectivity index (χ0v) is 16.7. The van der Waals surface area contributed by atoms with E-state index in [4.69, 9.17) is 5.73 Å². The largest absolute Gasteiger partial charge is 0.352 e. The lowest BCUT2D eigenvalue weighted by molar-refractivity contribution is -0.384. The summed E-state index contributed by atoms with van der Waals surface area (Å²) in [7, 11) is 0. The summed E-state index contributed by atoms with van der Waals surface area (Å²) in [5.41, 5.74) is 5.67. The summed E-state index contributed by atoms with van der Waals surface area (Å²) in [4.78, 5) is 46.0. The molecule has 1 unspecified atom stereocenters. The van der Waals surface area contributed by atoms with Crippen molar-refractivity contribution >= 4 is 41.6 Å². The van der Waals surface area contributed by atoms with Crippen molar-refractivity contribution in [3.63, 3.8) is 0 Å². The standard InChI is InChI=1S/C19H21N5O5.ClH/c20-19(27)21-12-4-7-16(23-17(25)13-5-2-1-3-6-13)18(26)22-14-8-10-15(11-9-14)24(28)29;/h1-3,5-6,8-11,16H,4,7,12H2,(H,22,26)(H,23,25)(H3,20,21,27);1H. The fourth-order valence-electron chi connectivity index (χ4n) is 2.51. The number of urea groups is 1. The number of benzene rings is 2. The zero-order chi connectivity index (χ0) is 21.2. The lowest BCUT2D eigenvalue weighted by Gasteiger charge is -2.18. The molecule has 2 aromatic rings. The number of halogens is 1. The summed E-state index contributed by atoms with van der Waals surface area (Å²) in [6.45, 7) is 0.248. The number of anilines is 1. The Labute approximate surface area is 178 Å². The number of nitrogens with two attached hydrogens (primary N) is 1.